The first-order valence-electron chi connectivity index (χ1n) is 6.51. The van der Waals surface area contributed by atoms with Gasteiger partial charge in [0.05, 0.1) is 17.1 Å². The fourth-order valence-electron chi connectivity index (χ4n) is 1.68. The van der Waals surface area contributed by atoms with Gasteiger partial charge in [0.2, 0.25) is 0 Å². The van der Waals surface area contributed by atoms with E-state index in [0.29, 0.717) is 17.1 Å². The minimum atomic E-state index is -0.834. The number of nitrogens with two attached hydrogens (primary N) is 1. The monoisotopic (exact) mass is 282 g/mol. The molecule has 0 radical (unpaired) electrons. The molecular formula is C13H22N4O3. The van der Waals surface area contributed by atoms with Crippen LogP contribution in [0, 0.1) is 13.8 Å². The van der Waals surface area contributed by atoms with E-state index < -0.39 is 12.1 Å². The lowest BCUT2D eigenvalue weighted by molar-refractivity contribution is -0.155. The third-order valence-electron chi connectivity index (χ3n) is 2.82. The van der Waals surface area contributed by atoms with Crippen LogP contribution < -0.4 is 11.1 Å². The zero-order chi connectivity index (χ0) is 15.4. The van der Waals surface area contributed by atoms with Crippen molar-refractivity contribution in [3.05, 3.63) is 11.4 Å². The zero-order valence-electron chi connectivity index (χ0n) is 12.6. The van der Waals surface area contributed by atoms with Crippen LogP contribution in [0.5, 0.6) is 0 Å². The van der Waals surface area contributed by atoms with Gasteiger partial charge in [-0.05, 0) is 34.6 Å². The topological polar surface area (TPSA) is 99.2 Å². The van der Waals surface area contributed by atoms with Crippen molar-refractivity contribution in [2.75, 3.05) is 5.73 Å². The van der Waals surface area contributed by atoms with Crippen LogP contribution in [0.3, 0.4) is 0 Å². The second-order valence-electron chi connectivity index (χ2n) is 5.04. The number of carbonyl (C=O) groups is 2. The van der Waals surface area contributed by atoms with Gasteiger partial charge in [0.15, 0.2) is 6.10 Å². The molecule has 1 heterocycles. The van der Waals surface area contributed by atoms with Crippen molar-refractivity contribution < 1.29 is 14.3 Å². The van der Waals surface area contributed by atoms with Crippen LogP contribution in [0.15, 0.2) is 0 Å². The molecular weight excluding hydrogens is 260 g/mol. The lowest BCUT2D eigenvalue weighted by atomic mass is 10.3. The number of nitrogens with one attached hydrogen (secondary N) is 1. The average Bonchev–Trinajstić information content (AvgIpc) is 2.56. The molecule has 0 aliphatic heterocycles. The summed E-state index contributed by atoms with van der Waals surface area (Å²) in [5.74, 6) is -0.844. The number of aromatic nitrogens is 2. The molecule has 0 saturated heterocycles. The van der Waals surface area contributed by atoms with E-state index in [-0.39, 0.29) is 18.5 Å². The molecule has 0 aromatic carbocycles. The second kappa shape index (κ2) is 6.40. The number of anilines is 1. The molecule has 7 heteroatoms. The van der Waals surface area contributed by atoms with Gasteiger partial charge in [-0.2, -0.15) is 5.10 Å². The fraction of sp³-hybridized carbons (Fsp3) is 0.615. The molecule has 0 aliphatic rings. The van der Waals surface area contributed by atoms with Crippen molar-refractivity contribution in [1.82, 2.24) is 15.1 Å². The van der Waals surface area contributed by atoms with Crippen molar-refractivity contribution in [3.63, 3.8) is 0 Å². The highest BCUT2D eigenvalue weighted by Crippen LogP contribution is 2.14. The molecule has 0 aliphatic carbocycles. The molecule has 1 amide bonds. The molecule has 20 heavy (non-hydrogen) atoms. The first-order valence-corrected chi connectivity index (χ1v) is 6.51. The predicted molar refractivity (Wildman–Crippen MR) is 74.9 cm³/mol. The third-order valence-corrected chi connectivity index (χ3v) is 2.82. The predicted octanol–water partition coefficient (Wildman–Crippen LogP) is 0.538. The molecule has 0 fully saturated rings. The fourth-order valence-corrected chi connectivity index (χ4v) is 1.68. The minimum absolute atomic E-state index is 0.000500. The maximum Gasteiger partial charge on any atom is 0.328 e. The third kappa shape index (κ3) is 3.97. The number of hydrogen-bond acceptors (Lipinski definition) is 5. The molecule has 7 nitrogen and oxygen atoms in total. The summed E-state index contributed by atoms with van der Waals surface area (Å²) in [7, 11) is 0. The molecule has 0 bridgehead atoms. The molecule has 1 rings (SSSR count). The van der Waals surface area contributed by atoms with Crippen molar-refractivity contribution in [1.29, 1.82) is 0 Å². The van der Waals surface area contributed by atoms with Crippen LogP contribution in [-0.4, -0.2) is 33.8 Å². The maximum atomic E-state index is 11.8. The number of hydrogen-bond donors (Lipinski definition) is 2. The Kier molecular flexibility index (Phi) is 5.12. The Morgan fingerprint density at radius 1 is 1.35 bits per heavy atom. The van der Waals surface area contributed by atoms with E-state index in [0.717, 1.165) is 0 Å². The highest BCUT2D eigenvalue weighted by atomic mass is 16.5. The largest absolute Gasteiger partial charge is 0.451 e. The summed E-state index contributed by atoms with van der Waals surface area (Å²) >= 11 is 0. The number of carbonyl (C=O) groups excluding carboxylic acids is 2. The van der Waals surface area contributed by atoms with Gasteiger partial charge in [0, 0.05) is 6.04 Å². The average molecular weight is 282 g/mol. The Morgan fingerprint density at radius 2 is 1.95 bits per heavy atom. The molecule has 1 aromatic heterocycles. The molecule has 0 spiro atoms. The standard InChI is InChI=1S/C13H22N4O3/c1-7(2)15-13(19)10(5)20-11(18)6-17-9(4)12(14)8(3)16-17/h7,10H,6,14H2,1-5H3,(H,15,19). The zero-order valence-corrected chi connectivity index (χ0v) is 12.6. The van der Waals surface area contributed by atoms with Crippen LogP contribution in [0.2, 0.25) is 0 Å². The van der Waals surface area contributed by atoms with Gasteiger partial charge < -0.3 is 15.8 Å². The summed E-state index contributed by atoms with van der Waals surface area (Å²) in [4.78, 5) is 23.4. The van der Waals surface area contributed by atoms with E-state index in [2.05, 4.69) is 10.4 Å². The van der Waals surface area contributed by atoms with E-state index in [4.69, 9.17) is 10.5 Å². The summed E-state index contributed by atoms with van der Waals surface area (Å²) in [6.07, 6.45) is -0.834. The lowest BCUT2D eigenvalue weighted by Crippen LogP contribution is -2.40. The Labute approximate surface area is 118 Å². The van der Waals surface area contributed by atoms with Gasteiger partial charge in [0.1, 0.15) is 6.54 Å². The normalized spacial score (nSPS) is 12.3. The van der Waals surface area contributed by atoms with Gasteiger partial charge in [0.25, 0.3) is 5.91 Å². The number of aryl methyl sites for hydroxylation is 1. The first kappa shape index (κ1) is 16.0. The highest BCUT2D eigenvalue weighted by Gasteiger charge is 2.19. The van der Waals surface area contributed by atoms with Gasteiger partial charge >= 0.3 is 5.97 Å². The van der Waals surface area contributed by atoms with E-state index in [1.165, 1.54) is 11.6 Å². The summed E-state index contributed by atoms with van der Waals surface area (Å²) in [5.41, 5.74) is 7.72. The summed E-state index contributed by atoms with van der Waals surface area (Å²) in [6.45, 7) is 8.69. The Morgan fingerprint density at radius 3 is 2.40 bits per heavy atom. The van der Waals surface area contributed by atoms with Gasteiger partial charge in [-0.15, -0.1) is 0 Å². The van der Waals surface area contributed by atoms with Crippen LogP contribution in [0.25, 0.3) is 0 Å². The highest BCUT2D eigenvalue weighted by molar-refractivity contribution is 5.83. The minimum Gasteiger partial charge on any atom is -0.451 e. The number of nitrogen functional groups attached to an aromatic ring is 1. The van der Waals surface area contributed by atoms with Crippen LogP contribution >= 0.6 is 0 Å². The van der Waals surface area contributed by atoms with Crippen molar-refractivity contribution in [2.45, 2.75) is 53.3 Å². The van der Waals surface area contributed by atoms with Gasteiger partial charge in [-0.1, -0.05) is 0 Å². The van der Waals surface area contributed by atoms with E-state index in [1.54, 1.807) is 13.8 Å². The summed E-state index contributed by atoms with van der Waals surface area (Å²) in [5, 5.41) is 6.82. The lowest BCUT2D eigenvalue weighted by Gasteiger charge is -2.15. The summed E-state index contributed by atoms with van der Waals surface area (Å²) < 4.78 is 6.54. The van der Waals surface area contributed by atoms with E-state index >= 15 is 0 Å². The van der Waals surface area contributed by atoms with Gasteiger partial charge in [-0.3, -0.25) is 14.3 Å². The van der Waals surface area contributed by atoms with Crippen LogP contribution in [0.4, 0.5) is 5.69 Å². The first-order chi connectivity index (χ1) is 9.22. The van der Waals surface area contributed by atoms with Crippen LogP contribution in [0.1, 0.15) is 32.2 Å². The molecule has 0 saturated carbocycles. The molecule has 112 valence electrons. The number of nitrogens with zero attached hydrogens (tertiary/aromatic N) is 2. The maximum absolute atomic E-state index is 11.8. The van der Waals surface area contributed by atoms with Crippen molar-refractivity contribution in [3.8, 4) is 0 Å². The second-order valence-corrected chi connectivity index (χ2v) is 5.04. The number of amides is 1. The van der Waals surface area contributed by atoms with Gasteiger partial charge in [-0.25, -0.2) is 0 Å². The quantitative estimate of drug-likeness (QED) is 0.768. The smallest absolute Gasteiger partial charge is 0.328 e. The Hall–Kier alpha value is -2.05. The van der Waals surface area contributed by atoms with Crippen molar-refractivity contribution in [2.24, 2.45) is 0 Å². The number of rotatable bonds is 5. The molecule has 1 atom stereocenters. The Balaban J connectivity index is 2.59. The number of esters is 1. The Bertz CT molecular complexity index is 508. The molecule has 1 unspecified atom stereocenters. The van der Waals surface area contributed by atoms with E-state index in [9.17, 15) is 9.59 Å². The van der Waals surface area contributed by atoms with Crippen molar-refractivity contribution >= 4 is 17.6 Å². The number of ether oxygens (including phenoxy) is 1. The summed E-state index contributed by atoms with van der Waals surface area (Å²) in [6, 6.07) is -0.000500. The van der Waals surface area contributed by atoms with Crippen LogP contribution in [-0.2, 0) is 20.9 Å². The molecule has 1 aromatic rings. The van der Waals surface area contributed by atoms with E-state index in [1.807, 2.05) is 13.8 Å². The SMILES string of the molecule is Cc1nn(CC(=O)OC(C)C(=O)NC(C)C)c(C)c1N. The molecule has 3 N–H and O–H groups in total.